The van der Waals surface area contributed by atoms with Gasteiger partial charge in [0.15, 0.2) is 0 Å². The minimum absolute atomic E-state index is 0.00257. The van der Waals surface area contributed by atoms with Crippen LogP contribution in [0, 0.1) is 0 Å². The highest BCUT2D eigenvalue weighted by molar-refractivity contribution is 6.32. The third-order valence-corrected chi connectivity index (χ3v) is 3.87. The van der Waals surface area contributed by atoms with Gasteiger partial charge in [0.1, 0.15) is 11.4 Å². The van der Waals surface area contributed by atoms with E-state index in [2.05, 4.69) is 0 Å². The molecule has 1 aliphatic carbocycles. The van der Waals surface area contributed by atoms with E-state index in [9.17, 15) is 0 Å². The number of nitrogens with two attached hydrogens (primary N) is 1. The van der Waals surface area contributed by atoms with Gasteiger partial charge in [0.05, 0.1) is 5.02 Å². The predicted octanol–water partition coefficient (Wildman–Crippen LogP) is 3.05. The second-order valence-corrected chi connectivity index (χ2v) is 5.01. The molecule has 15 heavy (non-hydrogen) atoms. The molecule has 1 atom stereocenters. The Kier molecular flexibility index (Phi) is 1.98. The Bertz CT molecular complexity index is 401. The molecule has 1 heterocycles. The van der Waals surface area contributed by atoms with Gasteiger partial charge in [-0.15, -0.1) is 0 Å². The van der Waals surface area contributed by atoms with Crippen LogP contribution in [-0.2, 0) is 0 Å². The molecular formula is C12H14ClNO. The van der Waals surface area contributed by atoms with Crippen LogP contribution >= 0.6 is 11.6 Å². The second kappa shape index (κ2) is 3.13. The van der Waals surface area contributed by atoms with Crippen molar-refractivity contribution >= 4 is 11.6 Å². The molecule has 0 unspecified atom stereocenters. The summed E-state index contributed by atoms with van der Waals surface area (Å²) >= 11 is 6.14. The van der Waals surface area contributed by atoms with Crippen molar-refractivity contribution in [3.63, 3.8) is 0 Å². The van der Waals surface area contributed by atoms with Crippen molar-refractivity contribution in [3.8, 4) is 5.75 Å². The highest BCUT2D eigenvalue weighted by Gasteiger charge is 2.45. The molecule has 2 nitrogen and oxygen atoms in total. The summed E-state index contributed by atoms with van der Waals surface area (Å²) in [6, 6.07) is 5.89. The van der Waals surface area contributed by atoms with Crippen LogP contribution in [0.3, 0.4) is 0 Å². The van der Waals surface area contributed by atoms with Gasteiger partial charge in [-0.05, 0) is 25.3 Å². The molecule has 0 amide bonds. The van der Waals surface area contributed by atoms with Crippen LogP contribution in [0.1, 0.15) is 37.3 Å². The van der Waals surface area contributed by atoms with Crippen molar-refractivity contribution in [2.24, 2.45) is 5.73 Å². The Balaban J connectivity index is 2.05. The van der Waals surface area contributed by atoms with Crippen molar-refractivity contribution in [1.82, 2.24) is 0 Å². The number of hydrogen-bond donors (Lipinski definition) is 1. The van der Waals surface area contributed by atoms with Gasteiger partial charge in [0.2, 0.25) is 0 Å². The molecule has 1 saturated carbocycles. The average molecular weight is 224 g/mol. The second-order valence-electron chi connectivity index (χ2n) is 4.61. The fraction of sp³-hybridized carbons (Fsp3) is 0.500. The first kappa shape index (κ1) is 9.49. The van der Waals surface area contributed by atoms with Crippen LogP contribution < -0.4 is 10.5 Å². The molecule has 0 bridgehead atoms. The van der Waals surface area contributed by atoms with Crippen molar-refractivity contribution in [2.75, 3.05) is 0 Å². The number of benzene rings is 1. The van der Waals surface area contributed by atoms with Gasteiger partial charge in [0.25, 0.3) is 0 Å². The maximum atomic E-state index is 6.16. The van der Waals surface area contributed by atoms with E-state index in [0.29, 0.717) is 5.02 Å². The highest BCUT2D eigenvalue weighted by atomic mass is 35.5. The quantitative estimate of drug-likeness (QED) is 0.734. The maximum Gasteiger partial charge on any atom is 0.143 e. The van der Waals surface area contributed by atoms with Crippen LogP contribution in [0.4, 0.5) is 0 Å². The van der Waals surface area contributed by atoms with Crippen LogP contribution in [0.15, 0.2) is 18.2 Å². The fourth-order valence-electron chi connectivity index (χ4n) is 2.57. The van der Waals surface area contributed by atoms with Crippen molar-refractivity contribution < 1.29 is 4.74 Å². The third-order valence-electron chi connectivity index (χ3n) is 3.57. The van der Waals surface area contributed by atoms with E-state index in [1.807, 2.05) is 18.2 Å². The molecule has 1 aromatic rings. The number of ether oxygens (including phenoxy) is 1. The summed E-state index contributed by atoms with van der Waals surface area (Å²) < 4.78 is 6.04. The number of fused-ring (bicyclic) bond motifs is 1. The number of hydrogen-bond acceptors (Lipinski definition) is 2. The Labute approximate surface area is 94.4 Å². The molecule has 3 rings (SSSR count). The maximum absolute atomic E-state index is 6.16. The Morgan fingerprint density at radius 2 is 2.20 bits per heavy atom. The first-order valence-electron chi connectivity index (χ1n) is 5.43. The lowest BCUT2D eigenvalue weighted by atomic mass is 9.73. The molecule has 1 aliphatic heterocycles. The summed E-state index contributed by atoms with van der Waals surface area (Å²) in [5.74, 6) is 0.817. The summed E-state index contributed by atoms with van der Waals surface area (Å²) in [6.45, 7) is 0. The van der Waals surface area contributed by atoms with E-state index in [4.69, 9.17) is 22.1 Å². The molecule has 1 spiro atoms. The van der Waals surface area contributed by atoms with E-state index in [-0.39, 0.29) is 11.6 Å². The van der Waals surface area contributed by atoms with Gasteiger partial charge < -0.3 is 10.5 Å². The molecule has 0 aromatic heterocycles. The SMILES string of the molecule is N[C@@H]1CC2(CCC2)Oc2c(Cl)cccc21. The van der Waals surface area contributed by atoms with E-state index in [1.54, 1.807) is 0 Å². The molecule has 2 N–H and O–H groups in total. The third kappa shape index (κ3) is 1.35. The van der Waals surface area contributed by atoms with E-state index < -0.39 is 0 Å². The largest absolute Gasteiger partial charge is 0.485 e. The lowest BCUT2D eigenvalue weighted by Gasteiger charge is -2.47. The van der Waals surface area contributed by atoms with Crippen LogP contribution in [0.25, 0.3) is 0 Å². The molecular weight excluding hydrogens is 210 g/mol. The summed E-state index contributed by atoms with van der Waals surface area (Å²) in [5, 5.41) is 0.689. The van der Waals surface area contributed by atoms with Crippen molar-refractivity contribution in [2.45, 2.75) is 37.3 Å². The smallest absolute Gasteiger partial charge is 0.143 e. The minimum atomic E-state index is -0.00257. The molecule has 1 aromatic carbocycles. The first-order valence-corrected chi connectivity index (χ1v) is 5.81. The van der Waals surface area contributed by atoms with Crippen LogP contribution in [0.5, 0.6) is 5.75 Å². The van der Waals surface area contributed by atoms with Gasteiger partial charge in [-0.3, -0.25) is 0 Å². The fourth-order valence-corrected chi connectivity index (χ4v) is 2.79. The minimum Gasteiger partial charge on any atom is -0.485 e. The molecule has 3 heteroatoms. The Hall–Kier alpha value is -0.730. The summed E-state index contributed by atoms with van der Waals surface area (Å²) in [6.07, 6.45) is 4.41. The highest BCUT2D eigenvalue weighted by Crippen LogP contribution is 2.49. The van der Waals surface area contributed by atoms with Crippen molar-refractivity contribution in [3.05, 3.63) is 28.8 Å². The lowest BCUT2D eigenvalue weighted by Crippen LogP contribution is -2.48. The van der Waals surface area contributed by atoms with Gasteiger partial charge in [-0.25, -0.2) is 0 Å². The van der Waals surface area contributed by atoms with Gasteiger partial charge in [-0.1, -0.05) is 23.7 Å². The number of halogens is 1. The molecule has 0 radical (unpaired) electrons. The number of para-hydroxylation sites is 1. The normalized spacial score (nSPS) is 26.7. The lowest BCUT2D eigenvalue weighted by molar-refractivity contribution is -0.0328. The van der Waals surface area contributed by atoms with E-state index in [1.165, 1.54) is 6.42 Å². The van der Waals surface area contributed by atoms with E-state index >= 15 is 0 Å². The summed E-state index contributed by atoms with van der Waals surface area (Å²) in [7, 11) is 0. The van der Waals surface area contributed by atoms with E-state index in [0.717, 1.165) is 30.6 Å². The summed E-state index contributed by atoms with van der Waals surface area (Å²) in [5.41, 5.74) is 7.21. The molecule has 1 fully saturated rings. The zero-order chi connectivity index (χ0) is 10.5. The van der Waals surface area contributed by atoms with Crippen LogP contribution in [-0.4, -0.2) is 5.60 Å². The van der Waals surface area contributed by atoms with Crippen LogP contribution in [0.2, 0.25) is 5.02 Å². The topological polar surface area (TPSA) is 35.2 Å². The molecule has 0 saturated heterocycles. The van der Waals surface area contributed by atoms with Gasteiger partial charge in [0, 0.05) is 18.0 Å². The van der Waals surface area contributed by atoms with Crippen molar-refractivity contribution in [1.29, 1.82) is 0 Å². The molecule has 2 aliphatic rings. The Morgan fingerprint density at radius 3 is 2.87 bits per heavy atom. The first-order chi connectivity index (χ1) is 7.20. The zero-order valence-corrected chi connectivity index (χ0v) is 9.26. The standard InChI is InChI=1S/C12H14ClNO/c13-9-4-1-3-8-10(14)7-12(5-2-6-12)15-11(8)9/h1,3-4,10H,2,5-7,14H2/t10-/m1/s1. The monoisotopic (exact) mass is 223 g/mol. The Morgan fingerprint density at radius 1 is 1.40 bits per heavy atom. The average Bonchev–Trinajstić information content (AvgIpc) is 2.17. The molecule has 80 valence electrons. The number of rotatable bonds is 0. The zero-order valence-electron chi connectivity index (χ0n) is 8.50. The van der Waals surface area contributed by atoms with Gasteiger partial charge in [-0.2, -0.15) is 0 Å². The van der Waals surface area contributed by atoms with Gasteiger partial charge >= 0.3 is 0 Å². The summed E-state index contributed by atoms with van der Waals surface area (Å²) in [4.78, 5) is 0. The predicted molar refractivity (Wildman–Crippen MR) is 60.2 cm³/mol.